The van der Waals surface area contributed by atoms with E-state index in [1.165, 1.54) is 16.9 Å². The maximum Gasteiger partial charge on any atom is 0.339 e. The Kier molecular flexibility index (Phi) is 7.63. The number of pyridine rings is 1. The number of anilines is 1. The topological polar surface area (TPSA) is 93.7 Å². The van der Waals surface area contributed by atoms with Gasteiger partial charge in [-0.25, -0.2) is 9.78 Å². The molecule has 8 nitrogen and oxygen atoms in total. The first-order valence-corrected chi connectivity index (χ1v) is 14.5. The van der Waals surface area contributed by atoms with E-state index in [1.54, 1.807) is 6.92 Å². The lowest BCUT2D eigenvalue weighted by Gasteiger charge is -2.30. The highest BCUT2D eigenvalue weighted by molar-refractivity contribution is 7.22. The van der Waals surface area contributed by atoms with Crippen molar-refractivity contribution in [3.05, 3.63) is 95.2 Å². The predicted molar refractivity (Wildman–Crippen MR) is 160 cm³/mol. The van der Waals surface area contributed by atoms with Crippen molar-refractivity contribution in [3.8, 4) is 5.75 Å². The van der Waals surface area contributed by atoms with Crippen LogP contribution in [-0.4, -0.2) is 46.0 Å². The van der Waals surface area contributed by atoms with Gasteiger partial charge in [-0.05, 0) is 43.7 Å². The van der Waals surface area contributed by atoms with Crippen molar-refractivity contribution in [2.45, 2.75) is 39.5 Å². The second-order valence-electron chi connectivity index (χ2n) is 9.99. The van der Waals surface area contributed by atoms with Crippen LogP contribution in [0.15, 0.2) is 72.8 Å². The number of ether oxygens (including phenoxy) is 2. The minimum absolute atomic E-state index is 0.435. The number of benzene rings is 3. The molecule has 1 atom stereocenters. The molecule has 1 aliphatic heterocycles. The lowest BCUT2D eigenvalue weighted by atomic mass is 9.95. The lowest BCUT2D eigenvalue weighted by molar-refractivity contribution is -0.123. The number of hydrogen-bond donors (Lipinski definition) is 1. The summed E-state index contributed by atoms with van der Waals surface area (Å²) in [7, 11) is 0. The molecule has 0 saturated heterocycles. The van der Waals surface area contributed by atoms with Crippen LogP contribution in [0.2, 0.25) is 0 Å². The largest absolute Gasteiger partial charge is 0.494 e. The van der Waals surface area contributed by atoms with Crippen LogP contribution in [-0.2, 0) is 29.0 Å². The van der Waals surface area contributed by atoms with E-state index in [0.29, 0.717) is 23.8 Å². The second-order valence-corrected chi connectivity index (χ2v) is 11.0. The van der Waals surface area contributed by atoms with Crippen LogP contribution in [0.1, 0.15) is 41.0 Å². The summed E-state index contributed by atoms with van der Waals surface area (Å²) < 4.78 is 12.2. The average Bonchev–Trinajstić information content (AvgIpc) is 3.38. The summed E-state index contributed by atoms with van der Waals surface area (Å²) in [6.07, 6.45) is -0.300. The van der Waals surface area contributed by atoms with Crippen LogP contribution in [0.25, 0.3) is 21.1 Å². The van der Waals surface area contributed by atoms with Crippen LogP contribution >= 0.6 is 11.3 Å². The quantitative estimate of drug-likeness (QED) is 0.231. The Morgan fingerprint density at radius 2 is 1.83 bits per heavy atom. The Bertz CT molecular complexity index is 1740. The number of amides is 1. The third-order valence-electron chi connectivity index (χ3n) is 7.13. The zero-order valence-electron chi connectivity index (χ0n) is 22.9. The van der Waals surface area contributed by atoms with E-state index in [2.05, 4.69) is 27.3 Å². The van der Waals surface area contributed by atoms with E-state index in [4.69, 9.17) is 14.5 Å². The smallest absolute Gasteiger partial charge is 0.339 e. The van der Waals surface area contributed by atoms with Gasteiger partial charge >= 0.3 is 5.97 Å². The molecule has 1 aliphatic rings. The summed E-state index contributed by atoms with van der Waals surface area (Å²) in [5.41, 5.74) is 4.95. The Labute approximate surface area is 241 Å². The van der Waals surface area contributed by atoms with Crippen LogP contribution in [0.5, 0.6) is 5.75 Å². The number of carbonyl (C=O) groups is 2. The summed E-state index contributed by atoms with van der Waals surface area (Å²) in [5.74, 6) is -0.228. The number of rotatable bonds is 8. The Hall–Kier alpha value is -4.34. The molecule has 1 unspecified atom stereocenters. The number of aromatic nitrogens is 2. The van der Waals surface area contributed by atoms with E-state index < -0.39 is 18.0 Å². The minimum Gasteiger partial charge on any atom is -0.494 e. The summed E-state index contributed by atoms with van der Waals surface area (Å²) in [4.78, 5) is 38.5. The maximum atomic E-state index is 13.7. The predicted octanol–water partition coefficient (Wildman–Crippen LogP) is 5.99. The zero-order valence-corrected chi connectivity index (χ0v) is 23.7. The van der Waals surface area contributed by atoms with Gasteiger partial charge in [0.2, 0.25) is 0 Å². The number of hydrogen-bond acceptors (Lipinski definition) is 8. The molecule has 1 amide bonds. The molecule has 0 saturated carbocycles. The summed E-state index contributed by atoms with van der Waals surface area (Å²) in [5, 5.41) is 3.96. The Morgan fingerprint density at radius 1 is 1.02 bits per heavy atom. The third-order valence-corrected chi connectivity index (χ3v) is 8.07. The van der Waals surface area contributed by atoms with Crippen molar-refractivity contribution in [1.82, 2.24) is 14.9 Å². The number of carbonyl (C=O) groups excluding carboxylic acids is 2. The van der Waals surface area contributed by atoms with Crippen molar-refractivity contribution in [1.29, 1.82) is 0 Å². The Morgan fingerprint density at radius 3 is 2.66 bits per heavy atom. The molecule has 5 aromatic rings. The van der Waals surface area contributed by atoms with E-state index in [0.717, 1.165) is 57.6 Å². The van der Waals surface area contributed by atoms with Gasteiger partial charge < -0.3 is 9.47 Å². The van der Waals surface area contributed by atoms with E-state index in [-0.39, 0.29) is 0 Å². The van der Waals surface area contributed by atoms with Crippen molar-refractivity contribution in [3.63, 3.8) is 0 Å². The van der Waals surface area contributed by atoms with Crippen molar-refractivity contribution < 1.29 is 19.1 Å². The molecule has 0 aliphatic carbocycles. The van der Waals surface area contributed by atoms with Gasteiger partial charge in [-0.3, -0.25) is 20.0 Å². The molecule has 9 heteroatoms. The summed E-state index contributed by atoms with van der Waals surface area (Å²) in [6, 6.07) is 23.5. The first kappa shape index (κ1) is 26.9. The number of nitrogens with one attached hydrogen (secondary N) is 1. The molecule has 3 heterocycles. The number of thiazole rings is 1. The fourth-order valence-electron chi connectivity index (χ4n) is 5.15. The molecule has 208 valence electrons. The number of nitrogens with zero attached hydrogens (tertiary/aromatic N) is 3. The van der Waals surface area contributed by atoms with Crippen LogP contribution < -0.4 is 10.1 Å². The van der Waals surface area contributed by atoms with E-state index in [9.17, 15) is 9.59 Å². The number of para-hydroxylation sites is 1. The molecule has 3 aromatic carbocycles. The van der Waals surface area contributed by atoms with Crippen molar-refractivity contribution in [2.75, 3.05) is 18.5 Å². The molecular formula is C32H30N4O4S. The summed E-state index contributed by atoms with van der Waals surface area (Å²) >= 11 is 1.34. The second kappa shape index (κ2) is 11.6. The first-order valence-electron chi connectivity index (χ1n) is 13.7. The normalized spacial score (nSPS) is 14.0. The maximum absolute atomic E-state index is 13.7. The highest BCUT2D eigenvalue weighted by Gasteiger charge is 2.29. The molecule has 0 spiro atoms. The SMILES string of the molecule is CCOc1ccc2nc(NC(=O)C(C)OC(=O)c3c4c(nc5ccccc35)CCN(Cc3ccccc3)C4)sc2c1. The molecule has 6 rings (SSSR count). The molecule has 1 N–H and O–H groups in total. The van der Waals surface area contributed by atoms with Crippen molar-refractivity contribution in [2.24, 2.45) is 0 Å². The fraction of sp³-hybridized carbons (Fsp3) is 0.250. The fourth-order valence-corrected chi connectivity index (χ4v) is 6.05. The number of fused-ring (bicyclic) bond motifs is 3. The van der Waals surface area contributed by atoms with Gasteiger partial charge in [0, 0.05) is 42.7 Å². The van der Waals surface area contributed by atoms with Gasteiger partial charge in [0.1, 0.15) is 5.75 Å². The average molecular weight is 567 g/mol. The van der Waals surface area contributed by atoms with Gasteiger partial charge in [-0.1, -0.05) is 59.9 Å². The van der Waals surface area contributed by atoms with Gasteiger partial charge in [0.25, 0.3) is 5.91 Å². The third kappa shape index (κ3) is 5.77. The molecule has 41 heavy (non-hydrogen) atoms. The monoisotopic (exact) mass is 566 g/mol. The zero-order chi connectivity index (χ0) is 28.3. The minimum atomic E-state index is -1.03. The highest BCUT2D eigenvalue weighted by Crippen LogP contribution is 2.31. The highest BCUT2D eigenvalue weighted by atomic mass is 32.1. The van der Waals surface area contributed by atoms with Crippen LogP contribution in [0, 0.1) is 0 Å². The van der Waals surface area contributed by atoms with E-state index >= 15 is 0 Å². The van der Waals surface area contributed by atoms with Gasteiger partial charge in [-0.2, -0.15) is 0 Å². The standard InChI is InChI=1S/C32H30N4O4S/c1-3-39-22-13-14-27-28(17-22)41-32(34-27)35-30(37)20(2)40-31(38)29-23-11-7-8-12-25(23)33-26-15-16-36(19-24(26)29)18-21-9-5-4-6-10-21/h4-14,17,20H,3,15-16,18-19H2,1-2H3,(H,34,35,37). The number of esters is 1. The molecular weight excluding hydrogens is 536 g/mol. The molecule has 0 bridgehead atoms. The first-order chi connectivity index (χ1) is 20.0. The van der Waals surface area contributed by atoms with Gasteiger partial charge in [0.15, 0.2) is 11.2 Å². The van der Waals surface area contributed by atoms with Gasteiger partial charge in [0.05, 0.1) is 27.9 Å². The van der Waals surface area contributed by atoms with Crippen LogP contribution in [0.4, 0.5) is 5.13 Å². The van der Waals surface area contributed by atoms with Crippen LogP contribution in [0.3, 0.4) is 0 Å². The van der Waals surface area contributed by atoms with Gasteiger partial charge in [-0.15, -0.1) is 0 Å². The Balaban J connectivity index is 1.22. The lowest BCUT2D eigenvalue weighted by Crippen LogP contribution is -2.34. The molecule has 0 fully saturated rings. The van der Waals surface area contributed by atoms with Crippen molar-refractivity contribution >= 4 is 49.5 Å². The summed E-state index contributed by atoms with van der Waals surface area (Å²) in [6.45, 7) is 6.26. The molecule has 2 aromatic heterocycles. The molecule has 0 radical (unpaired) electrons. The van der Waals surface area contributed by atoms with E-state index in [1.807, 2.05) is 67.6 Å².